The number of fused-ring (bicyclic) bond motifs is 1. The van der Waals surface area contributed by atoms with Crippen LogP contribution in [0.4, 0.5) is 0 Å². The second-order valence-corrected chi connectivity index (χ2v) is 7.29. The Morgan fingerprint density at radius 1 is 1.19 bits per heavy atom. The Balaban J connectivity index is 1.87. The molecule has 0 saturated carbocycles. The number of benzene rings is 1. The third-order valence-electron chi connectivity index (χ3n) is 5.23. The molecule has 1 fully saturated rings. The largest absolute Gasteiger partial charge is 0.488 e. The first-order valence-electron chi connectivity index (χ1n) is 9.31. The number of hydrogen-bond donors (Lipinski definition) is 1. The summed E-state index contributed by atoms with van der Waals surface area (Å²) in [5.41, 5.74) is 6.43. The van der Waals surface area contributed by atoms with Crippen LogP contribution in [0.5, 0.6) is 5.75 Å². The zero-order valence-corrected chi connectivity index (χ0v) is 16.0. The topological polar surface area (TPSA) is 52.0 Å². The van der Waals surface area contributed by atoms with Crippen LogP contribution in [-0.2, 0) is 7.05 Å². The van der Waals surface area contributed by atoms with Gasteiger partial charge in [0.15, 0.2) is 5.65 Å². The second kappa shape index (κ2) is 6.72. The van der Waals surface area contributed by atoms with Gasteiger partial charge in [0.2, 0.25) is 0 Å². The molecule has 5 heteroatoms. The molecule has 0 amide bonds. The van der Waals surface area contributed by atoms with Gasteiger partial charge in [-0.15, -0.1) is 0 Å². The zero-order chi connectivity index (χ0) is 18.3. The van der Waals surface area contributed by atoms with Crippen LogP contribution in [0, 0.1) is 20.8 Å². The van der Waals surface area contributed by atoms with Gasteiger partial charge < -0.3 is 14.6 Å². The summed E-state index contributed by atoms with van der Waals surface area (Å²) in [6.07, 6.45) is 4.33. The van der Waals surface area contributed by atoms with E-state index in [-0.39, 0.29) is 6.10 Å². The van der Waals surface area contributed by atoms with Gasteiger partial charge in [0, 0.05) is 30.9 Å². The Hall–Kier alpha value is -2.40. The molecule has 0 spiro atoms. The van der Waals surface area contributed by atoms with Gasteiger partial charge in [-0.3, -0.25) is 0 Å². The summed E-state index contributed by atoms with van der Waals surface area (Å²) in [5.74, 6) is 1.93. The molecule has 0 radical (unpaired) electrons. The fourth-order valence-corrected chi connectivity index (χ4v) is 3.80. The molecule has 1 aromatic carbocycles. The second-order valence-electron chi connectivity index (χ2n) is 7.29. The number of imidazole rings is 1. The van der Waals surface area contributed by atoms with E-state index in [0.717, 1.165) is 59.8 Å². The maximum atomic E-state index is 6.50. The highest BCUT2D eigenvalue weighted by Gasteiger charge is 2.21. The average molecular weight is 350 g/mol. The molecule has 5 nitrogen and oxygen atoms in total. The van der Waals surface area contributed by atoms with Gasteiger partial charge in [0.05, 0.1) is 0 Å². The van der Waals surface area contributed by atoms with E-state index in [1.165, 1.54) is 11.1 Å². The maximum Gasteiger partial charge on any atom is 0.160 e. The molecule has 4 rings (SSSR count). The maximum absolute atomic E-state index is 6.50. The Kier molecular flexibility index (Phi) is 4.41. The van der Waals surface area contributed by atoms with E-state index in [0.29, 0.717) is 0 Å². The van der Waals surface area contributed by atoms with Crippen molar-refractivity contribution in [3.8, 4) is 16.9 Å². The molecule has 1 aliphatic rings. The quantitative estimate of drug-likeness (QED) is 0.783. The van der Waals surface area contributed by atoms with Crippen LogP contribution in [0.2, 0.25) is 0 Å². The van der Waals surface area contributed by atoms with E-state index < -0.39 is 0 Å². The summed E-state index contributed by atoms with van der Waals surface area (Å²) in [6.45, 7) is 8.26. The van der Waals surface area contributed by atoms with Crippen molar-refractivity contribution in [3.05, 3.63) is 41.3 Å². The number of aromatic nitrogens is 3. The number of hydrogen-bond acceptors (Lipinski definition) is 4. The van der Waals surface area contributed by atoms with Crippen LogP contribution in [0.15, 0.2) is 24.4 Å². The summed E-state index contributed by atoms with van der Waals surface area (Å²) in [5, 5.41) is 3.43. The number of piperidine rings is 1. The Bertz CT molecular complexity index is 954. The van der Waals surface area contributed by atoms with E-state index >= 15 is 0 Å². The normalized spacial score (nSPS) is 17.6. The smallest absolute Gasteiger partial charge is 0.160 e. The van der Waals surface area contributed by atoms with Crippen molar-refractivity contribution < 1.29 is 4.74 Å². The first kappa shape index (κ1) is 17.0. The van der Waals surface area contributed by atoms with Crippen molar-refractivity contribution in [2.45, 2.75) is 39.7 Å². The molecule has 0 unspecified atom stereocenters. The van der Waals surface area contributed by atoms with Crippen molar-refractivity contribution in [2.24, 2.45) is 7.05 Å². The summed E-state index contributed by atoms with van der Waals surface area (Å²) < 4.78 is 8.53. The van der Waals surface area contributed by atoms with Crippen molar-refractivity contribution >= 4 is 11.2 Å². The van der Waals surface area contributed by atoms with E-state index in [9.17, 15) is 0 Å². The highest BCUT2D eigenvalue weighted by Crippen LogP contribution is 2.38. The van der Waals surface area contributed by atoms with Crippen LogP contribution >= 0.6 is 0 Å². The first-order valence-corrected chi connectivity index (χ1v) is 9.31. The lowest BCUT2D eigenvalue weighted by Gasteiger charge is -2.26. The molecular weight excluding hydrogens is 324 g/mol. The predicted octanol–water partition coefficient (Wildman–Crippen LogP) is 3.69. The standard InChI is InChI=1S/C21H26N4O/c1-13-10-14(2)20(26-16-6-5-8-22-12-16)18(11-13)17-7-9-23-21-19(17)24-15(3)25(21)4/h7,9-11,16,22H,5-6,8,12H2,1-4H3/t16-/m0/s1. The molecule has 1 aliphatic heterocycles. The van der Waals surface area contributed by atoms with Crippen molar-refractivity contribution in [3.63, 3.8) is 0 Å². The average Bonchev–Trinajstić information content (AvgIpc) is 2.93. The minimum absolute atomic E-state index is 0.215. The lowest BCUT2D eigenvalue weighted by Crippen LogP contribution is -2.37. The van der Waals surface area contributed by atoms with Crippen molar-refractivity contribution in [1.29, 1.82) is 0 Å². The number of aryl methyl sites for hydroxylation is 4. The molecule has 0 aliphatic carbocycles. The number of ether oxygens (including phenoxy) is 1. The van der Waals surface area contributed by atoms with E-state index in [1.807, 2.05) is 24.7 Å². The Labute approximate surface area is 154 Å². The lowest BCUT2D eigenvalue weighted by molar-refractivity contribution is 0.167. The number of rotatable bonds is 3. The number of nitrogens with zero attached hydrogens (tertiary/aromatic N) is 3. The summed E-state index contributed by atoms with van der Waals surface area (Å²) in [7, 11) is 2.01. The molecule has 0 bridgehead atoms. The third-order valence-corrected chi connectivity index (χ3v) is 5.23. The van der Waals surface area contributed by atoms with Crippen LogP contribution in [0.1, 0.15) is 29.8 Å². The summed E-state index contributed by atoms with van der Waals surface area (Å²) in [6, 6.07) is 6.45. The third kappa shape index (κ3) is 2.97. The fraction of sp³-hybridized carbons (Fsp3) is 0.429. The van der Waals surface area contributed by atoms with Crippen LogP contribution < -0.4 is 10.1 Å². The van der Waals surface area contributed by atoms with Gasteiger partial charge in [-0.25, -0.2) is 9.97 Å². The van der Waals surface area contributed by atoms with Crippen LogP contribution in [0.3, 0.4) is 0 Å². The van der Waals surface area contributed by atoms with Gasteiger partial charge in [-0.2, -0.15) is 0 Å². The van der Waals surface area contributed by atoms with Crippen molar-refractivity contribution in [1.82, 2.24) is 19.9 Å². The van der Waals surface area contributed by atoms with E-state index in [1.54, 1.807) is 0 Å². The van der Waals surface area contributed by atoms with Gasteiger partial charge >= 0.3 is 0 Å². The molecule has 136 valence electrons. The van der Waals surface area contributed by atoms with Gasteiger partial charge in [-0.1, -0.05) is 6.07 Å². The summed E-state index contributed by atoms with van der Waals surface area (Å²) in [4.78, 5) is 9.30. The predicted molar refractivity (Wildman–Crippen MR) is 105 cm³/mol. The Morgan fingerprint density at radius 2 is 2.04 bits per heavy atom. The SMILES string of the molecule is Cc1cc(C)c(O[C@H]2CCCNC2)c(-c2ccnc3c2nc(C)n3C)c1. The minimum atomic E-state index is 0.215. The molecule has 3 aromatic rings. The molecular formula is C21H26N4O. The van der Waals surface area contributed by atoms with E-state index in [2.05, 4.69) is 42.3 Å². The molecule has 1 N–H and O–H groups in total. The minimum Gasteiger partial charge on any atom is -0.488 e. The number of pyridine rings is 1. The Morgan fingerprint density at radius 3 is 2.81 bits per heavy atom. The molecule has 2 aromatic heterocycles. The molecule has 1 atom stereocenters. The zero-order valence-electron chi connectivity index (χ0n) is 16.0. The highest BCUT2D eigenvalue weighted by molar-refractivity contribution is 5.92. The van der Waals surface area contributed by atoms with Crippen LogP contribution in [0.25, 0.3) is 22.3 Å². The molecule has 3 heterocycles. The van der Waals surface area contributed by atoms with Gasteiger partial charge in [-0.05, 0) is 63.4 Å². The van der Waals surface area contributed by atoms with Crippen molar-refractivity contribution in [2.75, 3.05) is 13.1 Å². The monoisotopic (exact) mass is 350 g/mol. The van der Waals surface area contributed by atoms with Crippen LogP contribution in [-0.4, -0.2) is 33.7 Å². The fourth-order valence-electron chi connectivity index (χ4n) is 3.80. The highest BCUT2D eigenvalue weighted by atomic mass is 16.5. The van der Waals surface area contributed by atoms with E-state index in [4.69, 9.17) is 9.72 Å². The lowest BCUT2D eigenvalue weighted by atomic mass is 9.98. The molecule has 1 saturated heterocycles. The molecule has 26 heavy (non-hydrogen) atoms. The van der Waals surface area contributed by atoms with Gasteiger partial charge in [0.1, 0.15) is 23.2 Å². The summed E-state index contributed by atoms with van der Waals surface area (Å²) >= 11 is 0. The number of nitrogens with one attached hydrogen (secondary N) is 1. The van der Waals surface area contributed by atoms with Gasteiger partial charge in [0.25, 0.3) is 0 Å². The first-order chi connectivity index (χ1) is 12.5.